The zero-order valence-corrected chi connectivity index (χ0v) is 16.5. The standard InChI is InChI=1S/C22H23FN4O3/c1-16(14-30-20-8-3-2-7-19(20)23)25-22(29)17-5-4-6-18(13-17)26-21(28)9-11-27-12-10-24-15-27/h2-8,10,12-13,15-16H,9,11,14H2,1H3,(H,25,29)(H,26,28). The number of para-hydroxylation sites is 1. The summed E-state index contributed by atoms with van der Waals surface area (Å²) in [5.74, 6) is -0.784. The molecule has 2 amide bonds. The molecule has 2 aromatic carbocycles. The van der Waals surface area contributed by atoms with Crippen LogP contribution in [0.4, 0.5) is 10.1 Å². The second-order valence-corrected chi connectivity index (χ2v) is 6.80. The van der Waals surface area contributed by atoms with Crippen molar-refractivity contribution in [2.75, 3.05) is 11.9 Å². The molecule has 30 heavy (non-hydrogen) atoms. The molecular weight excluding hydrogens is 387 g/mol. The van der Waals surface area contributed by atoms with E-state index in [1.54, 1.807) is 62.0 Å². The zero-order chi connectivity index (χ0) is 21.3. The molecule has 156 valence electrons. The van der Waals surface area contributed by atoms with E-state index in [1.165, 1.54) is 12.1 Å². The summed E-state index contributed by atoms with van der Waals surface area (Å²) in [6.07, 6.45) is 5.38. The van der Waals surface area contributed by atoms with Gasteiger partial charge in [-0.25, -0.2) is 9.37 Å². The first kappa shape index (κ1) is 21.0. The number of nitrogens with zero attached hydrogens (tertiary/aromatic N) is 2. The van der Waals surface area contributed by atoms with E-state index in [0.29, 0.717) is 17.8 Å². The number of hydrogen-bond acceptors (Lipinski definition) is 4. The van der Waals surface area contributed by atoms with Crippen molar-refractivity contribution in [1.29, 1.82) is 0 Å². The number of nitrogens with one attached hydrogen (secondary N) is 2. The molecule has 0 fully saturated rings. The van der Waals surface area contributed by atoms with Gasteiger partial charge in [0.05, 0.1) is 12.4 Å². The van der Waals surface area contributed by atoms with Gasteiger partial charge in [-0.15, -0.1) is 0 Å². The summed E-state index contributed by atoms with van der Waals surface area (Å²) in [5.41, 5.74) is 0.939. The number of benzene rings is 2. The maximum atomic E-state index is 13.6. The Kier molecular flexibility index (Phi) is 7.15. The summed E-state index contributed by atoms with van der Waals surface area (Å²) in [4.78, 5) is 28.5. The van der Waals surface area contributed by atoms with Crippen LogP contribution in [0.3, 0.4) is 0 Å². The van der Waals surface area contributed by atoms with Crippen molar-refractivity contribution >= 4 is 17.5 Å². The molecule has 0 radical (unpaired) electrons. The molecule has 0 aliphatic heterocycles. The lowest BCUT2D eigenvalue weighted by Crippen LogP contribution is -2.36. The van der Waals surface area contributed by atoms with E-state index in [-0.39, 0.29) is 36.6 Å². The largest absolute Gasteiger partial charge is 0.488 e. The van der Waals surface area contributed by atoms with E-state index >= 15 is 0 Å². The molecule has 1 unspecified atom stereocenters. The molecule has 7 nitrogen and oxygen atoms in total. The van der Waals surface area contributed by atoms with Crippen LogP contribution in [0.5, 0.6) is 5.75 Å². The topological polar surface area (TPSA) is 85.3 Å². The minimum absolute atomic E-state index is 0.122. The Morgan fingerprint density at radius 3 is 2.80 bits per heavy atom. The molecule has 0 aliphatic carbocycles. The van der Waals surface area contributed by atoms with Crippen LogP contribution in [-0.4, -0.2) is 34.0 Å². The van der Waals surface area contributed by atoms with Gasteiger partial charge in [-0.05, 0) is 37.3 Å². The molecule has 3 rings (SSSR count). The van der Waals surface area contributed by atoms with Gasteiger partial charge in [-0.3, -0.25) is 9.59 Å². The van der Waals surface area contributed by atoms with Gasteiger partial charge in [0, 0.05) is 36.6 Å². The number of carbonyl (C=O) groups is 2. The van der Waals surface area contributed by atoms with Crippen molar-refractivity contribution in [2.45, 2.75) is 25.9 Å². The highest BCUT2D eigenvalue weighted by Crippen LogP contribution is 2.16. The molecule has 0 spiro atoms. The minimum atomic E-state index is -0.451. The highest BCUT2D eigenvalue weighted by Gasteiger charge is 2.12. The molecule has 1 aromatic heterocycles. The Bertz CT molecular complexity index is 992. The maximum Gasteiger partial charge on any atom is 0.251 e. The lowest BCUT2D eigenvalue weighted by Gasteiger charge is -2.16. The predicted molar refractivity (Wildman–Crippen MR) is 111 cm³/mol. The second kappa shape index (κ2) is 10.2. The van der Waals surface area contributed by atoms with Crippen molar-refractivity contribution in [3.05, 3.63) is 78.6 Å². The number of aryl methyl sites for hydroxylation is 1. The third-order valence-electron chi connectivity index (χ3n) is 4.27. The van der Waals surface area contributed by atoms with Crippen molar-refractivity contribution in [2.24, 2.45) is 0 Å². The van der Waals surface area contributed by atoms with E-state index in [1.807, 2.05) is 4.57 Å². The normalized spacial score (nSPS) is 11.5. The van der Waals surface area contributed by atoms with Crippen LogP contribution in [-0.2, 0) is 11.3 Å². The molecule has 0 bridgehead atoms. The molecule has 2 N–H and O–H groups in total. The summed E-state index contributed by atoms with van der Waals surface area (Å²) >= 11 is 0. The van der Waals surface area contributed by atoms with Crippen molar-refractivity contribution in [3.8, 4) is 5.75 Å². The van der Waals surface area contributed by atoms with Crippen molar-refractivity contribution in [3.63, 3.8) is 0 Å². The zero-order valence-electron chi connectivity index (χ0n) is 16.5. The fourth-order valence-corrected chi connectivity index (χ4v) is 2.74. The van der Waals surface area contributed by atoms with Crippen LogP contribution in [0.1, 0.15) is 23.7 Å². The molecule has 8 heteroatoms. The number of amides is 2. The molecular formula is C22H23FN4O3. The van der Waals surface area contributed by atoms with Gasteiger partial charge in [0.15, 0.2) is 11.6 Å². The quantitative estimate of drug-likeness (QED) is 0.567. The first-order valence-electron chi connectivity index (χ1n) is 9.55. The van der Waals surface area contributed by atoms with Gasteiger partial charge in [0.25, 0.3) is 5.91 Å². The number of ether oxygens (including phenoxy) is 1. The summed E-state index contributed by atoms with van der Waals surface area (Å²) in [6, 6.07) is 12.4. The number of anilines is 1. The first-order chi connectivity index (χ1) is 14.5. The van der Waals surface area contributed by atoms with E-state index in [0.717, 1.165) is 0 Å². The molecule has 3 aromatic rings. The van der Waals surface area contributed by atoms with E-state index in [4.69, 9.17) is 4.74 Å². The SMILES string of the molecule is CC(COc1ccccc1F)NC(=O)c1cccc(NC(=O)CCn2ccnc2)c1. The van der Waals surface area contributed by atoms with Crippen LogP contribution in [0.25, 0.3) is 0 Å². The highest BCUT2D eigenvalue weighted by atomic mass is 19.1. The van der Waals surface area contributed by atoms with E-state index < -0.39 is 5.82 Å². The summed E-state index contributed by atoms with van der Waals surface area (Å²) < 4.78 is 20.8. The second-order valence-electron chi connectivity index (χ2n) is 6.80. The van der Waals surface area contributed by atoms with Gasteiger partial charge >= 0.3 is 0 Å². The molecule has 0 saturated carbocycles. The van der Waals surface area contributed by atoms with Gasteiger partial charge in [0.2, 0.25) is 5.91 Å². The highest BCUT2D eigenvalue weighted by molar-refractivity contribution is 5.97. The fourth-order valence-electron chi connectivity index (χ4n) is 2.74. The van der Waals surface area contributed by atoms with Gasteiger partial charge in [-0.2, -0.15) is 0 Å². The average molecular weight is 410 g/mol. The summed E-state index contributed by atoms with van der Waals surface area (Å²) in [6.45, 7) is 2.41. The van der Waals surface area contributed by atoms with Crippen LogP contribution >= 0.6 is 0 Å². The Labute approximate surface area is 173 Å². The van der Waals surface area contributed by atoms with Crippen molar-refractivity contribution < 1.29 is 18.7 Å². The monoisotopic (exact) mass is 410 g/mol. The summed E-state index contributed by atoms with van der Waals surface area (Å²) in [7, 11) is 0. The smallest absolute Gasteiger partial charge is 0.251 e. The molecule has 1 atom stereocenters. The van der Waals surface area contributed by atoms with E-state index in [9.17, 15) is 14.0 Å². The van der Waals surface area contributed by atoms with E-state index in [2.05, 4.69) is 15.6 Å². The Hall–Kier alpha value is -3.68. The lowest BCUT2D eigenvalue weighted by molar-refractivity contribution is -0.116. The van der Waals surface area contributed by atoms with Crippen LogP contribution < -0.4 is 15.4 Å². The Morgan fingerprint density at radius 2 is 2.03 bits per heavy atom. The molecule has 0 saturated heterocycles. The van der Waals surface area contributed by atoms with Crippen LogP contribution in [0.2, 0.25) is 0 Å². The number of imidazole rings is 1. The number of rotatable bonds is 9. The van der Waals surface area contributed by atoms with Crippen LogP contribution in [0, 0.1) is 5.82 Å². The first-order valence-corrected chi connectivity index (χ1v) is 9.55. The molecule has 1 heterocycles. The average Bonchev–Trinajstić information content (AvgIpc) is 3.25. The summed E-state index contributed by atoms with van der Waals surface area (Å²) in [5, 5.41) is 5.59. The number of carbonyl (C=O) groups excluding carboxylic acids is 2. The van der Waals surface area contributed by atoms with Gasteiger partial charge in [0.1, 0.15) is 6.61 Å². The third-order valence-corrected chi connectivity index (χ3v) is 4.27. The fraction of sp³-hybridized carbons (Fsp3) is 0.227. The molecule has 0 aliphatic rings. The number of aromatic nitrogens is 2. The predicted octanol–water partition coefficient (Wildman–Crippen LogP) is 3.25. The van der Waals surface area contributed by atoms with Crippen LogP contribution in [0.15, 0.2) is 67.3 Å². The number of halogens is 1. The van der Waals surface area contributed by atoms with Gasteiger partial charge < -0.3 is 19.9 Å². The number of hydrogen-bond donors (Lipinski definition) is 2. The Morgan fingerprint density at radius 1 is 1.20 bits per heavy atom. The maximum absolute atomic E-state index is 13.6. The Balaban J connectivity index is 1.49. The van der Waals surface area contributed by atoms with Gasteiger partial charge in [-0.1, -0.05) is 18.2 Å². The lowest BCUT2D eigenvalue weighted by atomic mass is 10.1. The minimum Gasteiger partial charge on any atom is -0.488 e. The van der Waals surface area contributed by atoms with Crippen molar-refractivity contribution in [1.82, 2.24) is 14.9 Å². The third kappa shape index (κ3) is 6.16.